The van der Waals surface area contributed by atoms with Gasteiger partial charge in [-0.25, -0.2) is 4.68 Å². The summed E-state index contributed by atoms with van der Waals surface area (Å²) >= 11 is 0. The summed E-state index contributed by atoms with van der Waals surface area (Å²) in [6, 6.07) is 1.89. The summed E-state index contributed by atoms with van der Waals surface area (Å²) < 4.78 is 1.28. The van der Waals surface area contributed by atoms with Crippen molar-refractivity contribution >= 4 is 0 Å². The molecule has 0 radical (unpaired) electrons. The van der Waals surface area contributed by atoms with E-state index in [1.807, 2.05) is 6.07 Å². The van der Waals surface area contributed by atoms with Crippen molar-refractivity contribution in [2.24, 2.45) is 0 Å². The van der Waals surface area contributed by atoms with Gasteiger partial charge in [0, 0.05) is 6.20 Å². The van der Waals surface area contributed by atoms with E-state index < -0.39 is 0 Å². The molecule has 0 spiro atoms. The Labute approximate surface area is 52.0 Å². The van der Waals surface area contributed by atoms with Gasteiger partial charge in [-0.2, -0.15) is 10.4 Å². The molecule has 0 fully saturated rings. The number of aromatic nitrogens is 2. The monoisotopic (exact) mass is 123 g/mol. The van der Waals surface area contributed by atoms with Crippen molar-refractivity contribution in [3.05, 3.63) is 18.0 Å². The molecule has 0 atom stereocenters. The molecule has 0 saturated heterocycles. The molecule has 9 heavy (non-hydrogen) atoms. The first-order valence-corrected chi connectivity index (χ1v) is 2.40. The van der Waals surface area contributed by atoms with Crippen molar-refractivity contribution in [1.29, 1.82) is 5.26 Å². The zero-order valence-corrected chi connectivity index (χ0v) is 4.65. The molecular formula is C5H5N3O. The molecule has 1 aromatic heterocycles. The zero-order valence-electron chi connectivity index (χ0n) is 4.65. The summed E-state index contributed by atoms with van der Waals surface area (Å²) in [5.74, 6) is 0. The standard InChI is InChI=1S/C5H5N3O/c6-1-5-2-7-8(3-5)4-9/h2-3,9H,4H2. The van der Waals surface area contributed by atoms with Crippen molar-refractivity contribution in [2.45, 2.75) is 6.73 Å². The normalized spacial score (nSPS) is 8.89. The van der Waals surface area contributed by atoms with E-state index in [0.717, 1.165) is 0 Å². The van der Waals surface area contributed by atoms with E-state index in [2.05, 4.69) is 5.10 Å². The summed E-state index contributed by atoms with van der Waals surface area (Å²) in [5, 5.41) is 20.3. The number of nitrogens with zero attached hydrogens (tertiary/aromatic N) is 3. The maximum Gasteiger partial charge on any atom is 0.136 e. The maximum atomic E-state index is 8.44. The van der Waals surface area contributed by atoms with Gasteiger partial charge in [0.25, 0.3) is 0 Å². The first-order chi connectivity index (χ1) is 4.36. The highest BCUT2D eigenvalue weighted by molar-refractivity contribution is 5.21. The number of aliphatic hydroxyl groups is 1. The van der Waals surface area contributed by atoms with Gasteiger partial charge in [0.2, 0.25) is 0 Å². The Hall–Kier alpha value is -1.34. The van der Waals surface area contributed by atoms with Gasteiger partial charge >= 0.3 is 0 Å². The van der Waals surface area contributed by atoms with Gasteiger partial charge in [-0.05, 0) is 0 Å². The van der Waals surface area contributed by atoms with Crippen molar-refractivity contribution < 1.29 is 5.11 Å². The Balaban J connectivity index is 2.90. The van der Waals surface area contributed by atoms with E-state index in [0.29, 0.717) is 5.56 Å². The smallest absolute Gasteiger partial charge is 0.136 e. The Morgan fingerprint density at radius 2 is 2.67 bits per heavy atom. The molecule has 0 bridgehead atoms. The van der Waals surface area contributed by atoms with Crippen molar-refractivity contribution in [2.75, 3.05) is 0 Å². The summed E-state index contributed by atoms with van der Waals surface area (Å²) in [6.07, 6.45) is 2.87. The molecule has 1 heterocycles. The first kappa shape index (κ1) is 5.79. The van der Waals surface area contributed by atoms with Crippen LogP contribution in [-0.2, 0) is 6.73 Å². The lowest BCUT2D eigenvalue weighted by atomic mass is 10.4. The predicted octanol–water partition coefficient (Wildman–Crippen LogP) is -0.295. The molecule has 0 aliphatic heterocycles. The molecule has 1 rings (SSSR count). The molecule has 1 aromatic rings. The highest BCUT2D eigenvalue weighted by Gasteiger charge is 1.92. The molecule has 46 valence electrons. The van der Waals surface area contributed by atoms with Gasteiger partial charge < -0.3 is 5.11 Å². The molecule has 4 heteroatoms. The zero-order chi connectivity index (χ0) is 6.69. The van der Waals surface area contributed by atoms with Crippen LogP contribution < -0.4 is 0 Å². The van der Waals surface area contributed by atoms with Crippen LogP contribution in [0.25, 0.3) is 0 Å². The fourth-order valence-electron chi connectivity index (χ4n) is 0.499. The van der Waals surface area contributed by atoms with E-state index in [-0.39, 0.29) is 6.73 Å². The van der Waals surface area contributed by atoms with E-state index in [4.69, 9.17) is 10.4 Å². The summed E-state index contributed by atoms with van der Waals surface area (Å²) in [5.41, 5.74) is 0.462. The fourth-order valence-corrected chi connectivity index (χ4v) is 0.499. The maximum absolute atomic E-state index is 8.44. The van der Waals surface area contributed by atoms with Crippen LogP contribution in [-0.4, -0.2) is 14.9 Å². The van der Waals surface area contributed by atoms with Gasteiger partial charge in [0.1, 0.15) is 12.8 Å². The van der Waals surface area contributed by atoms with E-state index >= 15 is 0 Å². The Bertz CT molecular complexity index is 235. The third-order valence-electron chi connectivity index (χ3n) is 0.907. The van der Waals surface area contributed by atoms with Crippen LogP contribution in [0.2, 0.25) is 0 Å². The third kappa shape index (κ3) is 1.06. The second-order valence-electron chi connectivity index (χ2n) is 1.52. The number of hydrogen-bond acceptors (Lipinski definition) is 3. The van der Waals surface area contributed by atoms with E-state index in [1.165, 1.54) is 17.1 Å². The molecule has 0 amide bonds. The van der Waals surface area contributed by atoms with Gasteiger partial charge in [0.05, 0.1) is 11.8 Å². The first-order valence-electron chi connectivity index (χ1n) is 2.40. The molecule has 4 nitrogen and oxygen atoms in total. The average Bonchev–Trinajstić information content (AvgIpc) is 2.34. The second-order valence-corrected chi connectivity index (χ2v) is 1.52. The van der Waals surface area contributed by atoms with Gasteiger partial charge in [-0.3, -0.25) is 0 Å². The van der Waals surface area contributed by atoms with Crippen molar-refractivity contribution in [1.82, 2.24) is 9.78 Å². The third-order valence-corrected chi connectivity index (χ3v) is 0.907. The van der Waals surface area contributed by atoms with Crippen LogP contribution in [0.4, 0.5) is 0 Å². The van der Waals surface area contributed by atoms with Crippen LogP contribution in [0.15, 0.2) is 12.4 Å². The van der Waals surface area contributed by atoms with Crippen LogP contribution >= 0.6 is 0 Å². The molecule has 0 saturated carbocycles. The second kappa shape index (κ2) is 2.29. The van der Waals surface area contributed by atoms with E-state index in [1.54, 1.807) is 0 Å². The number of hydrogen-bond donors (Lipinski definition) is 1. The minimum Gasteiger partial charge on any atom is -0.374 e. The number of nitriles is 1. The van der Waals surface area contributed by atoms with E-state index in [9.17, 15) is 0 Å². The highest BCUT2D eigenvalue weighted by Crippen LogP contribution is 1.92. The summed E-state index contributed by atoms with van der Waals surface area (Å²) in [7, 11) is 0. The highest BCUT2D eigenvalue weighted by atomic mass is 16.3. The Morgan fingerprint density at radius 1 is 1.89 bits per heavy atom. The average molecular weight is 123 g/mol. The molecule has 1 N–H and O–H groups in total. The van der Waals surface area contributed by atoms with Gasteiger partial charge in [-0.15, -0.1) is 0 Å². The van der Waals surface area contributed by atoms with Crippen LogP contribution in [0.3, 0.4) is 0 Å². The lowest BCUT2D eigenvalue weighted by Gasteiger charge is -1.87. The minimum absolute atomic E-state index is 0.179. The van der Waals surface area contributed by atoms with Gasteiger partial charge in [-0.1, -0.05) is 0 Å². The van der Waals surface area contributed by atoms with Crippen LogP contribution in [0.5, 0.6) is 0 Å². The molecule has 0 unspecified atom stereocenters. The molecular weight excluding hydrogens is 118 g/mol. The minimum atomic E-state index is -0.179. The lowest BCUT2D eigenvalue weighted by Crippen LogP contribution is -1.94. The van der Waals surface area contributed by atoms with Crippen molar-refractivity contribution in [3.8, 4) is 6.07 Å². The van der Waals surface area contributed by atoms with Crippen molar-refractivity contribution in [3.63, 3.8) is 0 Å². The molecule has 0 aliphatic rings. The van der Waals surface area contributed by atoms with Crippen LogP contribution in [0, 0.1) is 11.3 Å². The summed E-state index contributed by atoms with van der Waals surface area (Å²) in [6.45, 7) is -0.179. The SMILES string of the molecule is N#Cc1cnn(CO)c1. The predicted molar refractivity (Wildman–Crippen MR) is 29.2 cm³/mol. The number of aliphatic hydroxyl groups excluding tert-OH is 1. The molecule has 0 aromatic carbocycles. The lowest BCUT2D eigenvalue weighted by molar-refractivity contribution is 0.195. The number of rotatable bonds is 1. The summed E-state index contributed by atoms with van der Waals surface area (Å²) in [4.78, 5) is 0. The largest absolute Gasteiger partial charge is 0.374 e. The van der Waals surface area contributed by atoms with Gasteiger partial charge in [0.15, 0.2) is 0 Å². The quantitative estimate of drug-likeness (QED) is 0.557. The fraction of sp³-hybridized carbons (Fsp3) is 0.200. The van der Waals surface area contributed by atoms with Crippen LogP contribution in [0.1, 0.15) is 5.56 Å². The molecule has 0 aliphatic carbocycles. The Morgan fingerprint density at radius 3 is 3.00 bits per heavy atom. The topological polar surface area (TPSA) is 61.8 Å². The Kier molecular flexibility index (Phi) is 1.47.